The van der Waals surface area contributed by atoms with Crippen molar-refractivity contribution in [3.05, 3.63) is 32.5 Å². The van der Waals surface area contributed by atoms with E-state index < -0.39 is 27.9 Å². The first-order chi connectivity index (χ1) is 15.8. The zero-order chi connectivity index (χ0) is 23.6. The summed E-state index contributed by atoms with van der Waals surface area (Å²) >= 11 is 8.36. The molecule has 1 atom stereocenters. The maximum atomic E-state index is 13.4. The maximum Gasteiger partial charge on any atom is 0.341 e. The van der Waals surface area contributed by atoms with Crippen LogP contribution in [0.2, 0.25) is 4.34 Å². The van der Waals surface area contributed by atoms with E-state index in [1.165, 1.54) is 21.7 Å². The zero-order valence-corrected chi connectivity index (χ0v) is 21.6. The van der Waals surface area contributed by atoms with Crippen molar-refractivity contribution in [3.8, 4) is 0 Å². The second-order valence-corrected chi connectivity index (χ2v) is 13.1. The van der Waals surface area contributed by atoms with Crippen molar-refractivity contribution < 1.29 is 22.7 Å². The molecule has 1 saturated heterocycles. The lowest BCUT2D eigenvalue weighted by Crippen LogP contribution is -2.49. The van der Waals surface area contributed by atoms with Gasteiger partial charge in [0.1, 0.15) is 15.3 Å². The number of carbonyl (C=O) groups is 2. The van der Waals surface area contributed by atoms with Gasteiger partial charge in [0.25, 0.3) is 10.0 Å². The molecule has 33 heavy (non-hydrogen) atoms. The fourth-order valence-corrected chi connectivity index (χ4v) is 9.00. The van der Waals surface area contributed by atoms with E-state index in [1.807, 2.05) is 0 Å². The number of carbonyl (C=O) groups excluding carboxylic acids is 2. The topological polar surface area (TPSA) is 92.8 Å². The SMILES string of the molecule is CCOC(=O)c1c(NC(=O)C2CCCCN2S(=O)(=O)c2ccc(Cl)s2)sc2c1CCCCC2. The number of nitrogens with one attached hydrogen (secondary N) is 1. The van der Waals surface area contributed by atoms with Crippen LogP contribution in [0.4, 0.5) is 5.00 Å². The van der Waals surface area contributed by atoms with Crippen LogP contribution in [0.1, 0.15) is 66.2 Å². The number of ether oxygens (including phenoxy) is 1. The summed E-state index contributed by atoms with van der Waals surface area (Å²) in [5, 5.41) is 3.37. The van der Waals surface area contributed by atoms with Gasteiger partial charge >= 0.3 is 5.97 Å². The van der Waals surface area contributed by atoms with Gasteiger partial charge in [-0.25, -0.2) is 13.2 Å². The molecule has 1 aliphatic heterocycles. The number of nitrogens with zero attached hydrogens (tertiary/aromatic N) is 1. The molecule has 0 radical (unpaired) electrons. The minimum atomic E-state index is -3.85. The van der Waals surface area contributed by atoms with E-state index in [4.69, 9.17) is 16.3 Å². The van der Waals surface area contributed by atoms with Gasteiger partial charge in [-0.1, -0.05) is 24.4 Å². The highest BCUT2D eigenvalue weighted by Gasteiger charge is 2.39. The van der Waals surface area contributed by atoms with Crippen LogP contribution in [-0.2, 0) is 32.4 Å². The highest BCUT2D eigenvalue weighted by molar-refractivity contribution is 7.91. The zero-order valence-electron chi connectivity index (χ0n) is 18.4. The molecule has 1 fully saturated rings. The maximum absolute atomic E-state index is 13.4. The van der Waals surface area contributed by atoms with Crippen molar-refractivity contribution in [2.75, 3.05) is 18.5 Å². The average Bonchev–Trinajstić information content (AvgIpc) is 3.30. The third kappa shape index (κ3) is 5.14. The number of fused-ring (bicyclic) bond motifs is 1. The third-order valence-corrected chi connectivity index (χ3v) is 10.8. The lowest BCUT2D eigenvalue weighted by Gasteiger charge is -2.33. The first-order valence-electron chi connectivity index (χ1n) is 11.2. The summed E-state index contributed by atoms with van der Waals surface area (Å²) in [4.78, 5) is 27.3. The third-order valence-electron chi connectivity index (χ3n) is 6.01. The number of esters is 1. The number of hydrogen-bond acceptors (Lipinski definition) is 7. The number of rotatable bonds is 6. The lowest BCUT2D eigenvalue weighted by molar-refractivity contribution is -0.120. The Bertz CT molecular complexity index is 1140. The van der Waals surface area contributed by atoms with E-state index in [9.17, 15) is 18.0 Å². The largest absolute Gasteiger partial charge is 0.462 e. The number of halogens is 1. The molecule has 11 heteroatoms. The Kier molecular flexibility index (Phi) is 7.80. The summed E-state index contributed by atoms with van der Waals surface area (Å²) in [6, 6.07) is 2.17. The molecular formula is C22H27ClN2O5S3. The van der Waals surface area contributed by atoms with Gasteiger partial charge in [-0.3, -0.25) is 4.79 Å². The standard InChI is InChI=1S/C22H27ClN2O5S3/c1-2-30-22(27)19-14-8-4-3-5-10-16(14)31-21(19)24-20(26)15-9-6-7-13-25(15)33(28,29)18-12-11-17(23)32-18/h11-12,15H,2-10,13H2,1H3,(H,24,26). The highest BCUT2D eigenvalue weighted by Crippen LogP contribution is 2.39. The summed E-state index contributed by atoms with van der Waals surface area (Å²) in [5.74, 6) is -0.851. The van der Waals surface area contributed by atoms with Gasteiger partial charge in [0.15, 0.2) is 0 Å². The van der Waals surface area contributed by atoms with E-state index in [0.717, 1.165) is 60.3 Å². The van der Waals surface area contributed by atoms with Crippen molar-refractivity contribution in [2.24, 2.45) is 0 Å². The monoisotopic (exact) mass is 530 g/mol. The fraction of sp³-hybridized carbons (Fsp3) is 0.545. The Labute approximate surface area is 207 Å². The van der Waals surface area contributed by atoms with Crippen molar-refractivity contribution in [3.63, 3.8) is 0 Å². The molecule has 1 aliphatic carbocycles. The molecule has 2 aliphatic rings. The summed E-state index contributed by atoms with van der Waals surface area (Å²) in [7, 11) is -3.85. The molecule has 1 N–H and O–H groups in total. The quantitative estimate of drug-likeness (QED) is 0.415. The van der Waals surface area contributed by atoms with Crippen LogP contribution in [-0.4, -0.2) is 43.8 Å². The van der Waals surface area contributed by atoms with Gasteiger partial charge in [-0.15, -0.1) is 22.7 Å². The Morgan fingerprint density at radius 1 is 1.15 bits per heavy atom. The Morgan fingerprint density at radius 2 is 1.94 bits per heavy atom. The first-order valence-corrected chi connectivity index (χ1v) is 14.7. The molecule has 7 nitrogen and oxygen atoms in total. The Hall–Kier alpha value is -1.46. The number of piperidine rings is 1. The second kappa shape index (κ2) is 10.4. The average molecular weight is 531 g/mol. The van der Waals surface area contributed by atoms with Crippen molar-refractivity contribution >= 4 is 61.2 Å². The van der Waals surface area contributed by atoms with Crippen molar-refractivity contribution in [1.29, 1.82) is 0 Å². The van der Waals surface area contributed by atoms with Gasteiger partial charge in [-0.2, -0.15) is 4.31 Å². The number of anilines is 1. The van der Waals surface area contributed by atoms with Crippen LogP contribution < -0.4 is 5.32 Å². The summed E-state index contributed by atoms with van der Waals surface area (Å²) in [5.41, 5.74) is 1.40. The molecule has 0 saturated carbocycles. The molecule has 0 bridgehead atoms. The van der Waals surface area contributed by atoms with E-state index in [2.05, 4.69) is 5.32 Å². The van der Waals surface area contributed by atoms with E-state index in [0.29, 0.717) is 27.7 Å². The molecule has 0 spiro atoms. The van der Waals surface area contributed by atoms with Crippen molar-refractivity contribution in [2.45, 2.75) is 68.5 Å². The van der Waals surface area contributed by atoms with Crippen LogP contribution in [0.15, 0.2) is 16.3 Å². The smallest absolute Gasteiger partial charge is 0.341 e. The minimum Gasteiger partial charge on any atom is -0.462 e. The fourth-order valence-electron chi connectivity index (χ4n) is 4.45. The van der Waals surface area contributed by atoms with E-state index >= 15 is 0 Å². The predicted octanol–water partition coefficient (Wildman–Crippen LogP) is 5.09. The summed E-state index contributed by atoms with van der Waals surface area (Å²) in [6.45, 7) is 2.26. The molecule has 0 aromatic carbocycles. The first kappa shape index (κ1) is 24.7. The van der Waals surface area contributed by atoms with Crippen LogP contribution in [0.3, 0.4) is 0 Å². The second-order valence-electron chi connectivity index (χ2n) is 8.16. The number of amides is 1. The molecule has 4 rings (SSSR count). The van der Waals surface area contributed by atoms with Crippen LogP contribution in [0.5, 0.6) is 0 Å². The molecule has 1 unspecified atom stereocenters. The molecule has 2 aromatic rings. The molecule has 2 aromatic heterocycles. The van der Waals surface area contributed by atoms with E-state index in [1.54, 1.807) is 13.0 Å². The van der Waals surface area contributed by atoms with Crippen molar-refractivity contribution in [1.82, 2.24) is 4.31 Å². The Morgan fingerprint density at radius 3 is 2.67 bits per heavy atom. The number of aryl methyl sites for hydroxylation is 1. The van der Waals surface area contributed by atoms with Gasteiger partial charge in [0, 0.05) is 11.4 Å². The number of thiophene rings is 2. The van der Waals surface area contributed by atoms with Gasteiger partial charge in [0.2, 0.25) is 5.91 Å². The van der Waals surface area contributed by atoms with Gasteiger partial charge < -0.3 is 10.1 Å². The molecular weight excluding hydrogens is 504 g/mol. The van der Waals surface area contributed by atoms with Crippen LogP contribution in [0, 0.1) is 0 Å². The van der Waals surface area contributed by atoms with Crippen LogP contribution >= 0.6 is 34.3 Å². The van der Waals surface area contributed by atoms with Gasteiger partial charge in [-0.05, 0) is 63.1 Å². The van der Waals surface area contributed by atoms with E-state index in [-0.39, 0.29) is 17.4 Å². The van der Waals surface area contributed by atoms with Crippen LogP contribution in [0.25, 0.3) is 0 Å². The summed E-state index contributed by atoms with van der Waals surface area (Å²) in [6.07, 6.45) is 6.63. The Balaban J connectivity index is 1.63. The molecule has 1 amide bonds. The highest BCUT2D eigenvalue weighted by atomic mass is 35.5. The molecule has 3 heterocycles. The predicted molar refractivity (Wildman–Crippen MR) is 131 cm³/mol. The molecule has 180 valence electrons. The lowest BCUT2D eigenvalue weighted by atomic mass is 10.0. The minimum absolute atomic E-state index is 0.127. The number of sulfonamides is 1. The van der Waals surface area contributed by atoms with Gasteiger partial charge in [0.05, 0.1) is 16.5 Å². The number of hydrogen-bond donors (Lipinski definition) is 1. The summed E-state index contributed by atoms with van der Waals surface area (Å²) < 4.78 is 33.6. The normalized spacial score (nSPS) is 19.5.